The van der Waals surface area contributed by atoms with Crippen molar-refractivity contribution in [2.24, 2.45) is 5.10 Å². The molecular weight excluding hydrogens is 384 g/mol. The van der Waals surface area contributed by atoms with Gasteiger partial charge in [-0.3, -0.25) is 0 Å². The molecule has 1 aromatic heterocycles. The average molecular weight is 401 g/mol. The van der Waals surface area contributed by atoms with Crippen LogP contribution in [0.1, 0.15) is 5.56 Å². The fourth-order valence-corrected chi connectivity index (χ4v) is 2.98. The van der Waals surface area contributed by atoms with E-state index in [1.165, 1.54) is 12.3 Å². The van der Waals surface area contributed by atoms with Crippen LogP contribution in [0.25, 0.3) is 22.5 Å². The van der Waals surface area contributed by atoms with Crippen molar-refractivity contribution in [1.29, 1.82) is 0 Å². The molecule has 6 heteroatoms. The summed E-state index contributed by atoms with van der Waals surface area (Å²) >= 11 is 5.97. The fraction of sp³-hybridized carbons (Fsp3) is 0. The van der Waals surface area contributed by atoms with Gasteiger partial charge < -0.3 is 5.11 Å². The van der Waals surface area contributed by atoms with Crippen LogP contribution in [0.15, 0.2) is 90.0 Å². The van der Waals surface area contributed by atoms with Crippen LogP contribution < -0.4 is 5.43 Å². The highest BCUT2D eigenvalue weighted by Crippen LogP contribution is 2.25. The molecule has 0 saturated carbocycles. The van der Waals surface area contributed by atoms with Gasteiger partial charge in [0.15, 0.2) is 0 Å². The molecule has 3 aromatic carbocycles. The van der Waals surface area contributed by atoms with Crippen LogP contribution in [-0.4, -0.2) is 21.3 Å². The van der Waals surface area contributed by atoms with Crippen LogP contribution in [0.4, 0.5) is 5.95 Å². The number of rotatable bonds is 5. The van der Waals surface area contributed by atoms with Crippen LogP contribution in [-0.2, 0) is 0 Å². The second-order valence-corrected chi connectivity index (χ2v) is 6.70. The summed E-state index contributed by atoms with van der Waals surface area (Å²) in [6.45, 7) is 0. The molecule has 29 heavy (non-hydrogen) atoms. The van der Waals surface area contributed by atoms with Crippen LogP contribution in [0.2, 0.25) is 5.02 Å². The van der Waals surface area contributed by atoms with Gasteiger partial charge in [-0.15, -0.1) is 0 Å². The van der Waals surface area contributed by atoms with Crippen LogP contribution in [0, 0.1) is 0 Å². The Balaban J connectivity index is 1.68. The van der Waals surface area contributed by atoms with Gasteiger partial charge in [0, 0.05) is 21.7 Å². The first-order chi connectivity index (χ1) is 14.2. The zero-order chi connectivity index (χ0) is 20.1. The lowest BCUT2D eigenvalue weighted by Crippen LogP contribution is -2.00. The largest absolute Gasteiger partial charge is 0.507 e. The van der Waals surface area contributed by atoms with E-state index in [1.54, 1.807) is 12.1 Å². The van der Waals surface area contributed by atoms with Gasteiger partial charge in [-0.25, -0.2) is 15.4 Å². The monoisotopic (exact) mass is 400 g/mol. The second-order valence-electron chi connectivity index (χ2n) is 6.27. The summed E-state index contributed by atoms with van der Waals surface area (Å²) in [5, 5.41) is 14.6. The minimum absolute atomic E-state index is 0.0869. The zero-order valence-electron chi connectivity index (χ0n) is 15.3. The Labute approximate surface area is 173 Å². The summed E-state index contributed by atoms with van der Waals surface area (Å²) in [6.07, 6.45) is 1.47. The minimum atomic E-state index is 0.0869. The summed E-state index contributed by atoms with van der Waals surface area (Å²) in [5.41, 5.74) is 6.86. The van der Waals surface area contributed by atoms with E-state index in [0.717, 1.165) is 22.5 Å². The number of aromatic hydroxyl groups is 1. The Kier molecular flexibility index (Phi) is 5.49. The Hall–Kier alpha value is -3.70. The molecule has 0 spiro atoms. The van der Waals surface area contributed by atoms with Gasteiger partial charge in [0.05, 0.1) is 17.6 Å². The molecule has 5 nitrogen and oxygen atoms in total. The standard InChI is InChI=1S/C23H17ClN4O/c24-19-11-12-22(29)18(13-19)15-25-28-23-26-20(16-7-3-1-4-8-16)14-21(27-23)17-9-5-2-6-10-17/h1-15,29H,(H,26,27,28)/b25-15-. The van der Waals surface area contributed by atoms with Crippen LogP contribution in [0.5, 0.6) is 5.75 Å². The molecule has 0 atom stereocenters. The number of phenolic OH excluding ortho intramolecular Hbond substituents is 1. The van der Waals surface area contributed by atoms with Crippen molar-refractivity contribution in [1.82, 2.24) is 9.97 Å². The molecule has 0 saturated heterocycles. The van der Waals surface area contributed by atoms with Crippen molar-refractivity contribution in [3.8, 4) is 28.3 Å². The highest BCUT2D eigenvalue weighted by atomic mass is 35.5. The van der Waals surface area contributed by atoms with Crippen LogP contribution in [0.3, 0.4) is 0 Å². The van der Waals surface area contributed by atoms with E-state index >= 15 is 0 Å². The molecule has 1 heterocycles. The van der Waals surface area contributed by atoms with Crippen molar-refractivity contribution in [3.05, 3.63) is 95.5 Å². The van der Waals surface area contributed by atoms with Gasteiger partial charge in [-0.05, 0) is 24.3 Å². The number of hydrazone groups is 1. The first kappa shape index (κ1) is 18.7. The van der Waals surface area contributed by atoms with Crippen molar-refractivity contribution in [3.63, 3.8) is 0 Å². The third-order valence-electron chi connectivity index (χ3n) is 4.22. The number of aromatic nitrogens is 2. The second kappa shape index (κ2) is 8.54. The van der Waals surface area contributed by atoms with E-state index in [9.17, 15) is 5.11 Å². The van der Waals surface area contributed by atoms with E-state index in [1.807, 2.05) is 66.7 Å². The summed E-state index contributed by atoms with van der Waals surface area (Å²) in [7, 11) is 0. The lowest BCUT2D eigenvalue weighted by Gasteiger charge is -2.08. The third kappa shape index (κ3) is 4.59. The Morgan fingerprint density at radius 3 is 1.97 bits per heavy atom. The third-order valence-corrected chi connectivity index (χ3v) is 4.46. The van der Waals surface area contributed by atoms with E-state index in [0.29, 0.717) is 16.5 Å². The van der Waals surface area contributed by atoms with E-state index in [-0.39, 0.29) is 5.75 Å². The number of halogens is 1. The first-order valence-electron chi connectivity index (χ1n) is 8.96. The van der Waals surface area contributed by atoms with Crippen molar-refractivity contribution >= 4 is 23.8 Å². The normalized spacial score (nSPS) is 10.9. The lowest BCUT2D eigenvalue weighted by molar-refractivity contribution is 0.474. The maximum absolute atomic E-state index is 9.91. The molecule has 2 N–H and O–H groups in total. The van der Waals surface area contributed by atoms with E-state index in [4.69, 9.17) is 11.6 Å². The topological polar surface area (TPSA) is 70.4 Å². The van der Waals surface area contributed by atoms with E-state index < -0.39 is 0 Å². The van der Waals surface area contributed by atoms with Gasteiger partial charge in [-0.2, -0.15) is 5.10 Å². The number of hydrogen-bond acceptors (Lipinski definition) is 5. The van der Waals surface area contributed by atoms with Gasteiger partial charge in [0.2, 0.25) is 5.95 Å². The average Bonchev–Trinajstić information content (AvgIpc) is 2.77. The van der Waals surface area contributed by atoms with Crippen LogP contribution >= 0.6 is 11.6 Å². The van der Waals surface area contributed by atoms with E-state index in [2.05, 4.69) is 20.5 Å². The number of hydrogen-bond donors (Lipinski definition) is 2. The summed E-state index contributed by atoms with van der Waals surface area (Å²) in [6, 6.07) is 26.5. The number of anilines is 1. The molecule has 0 amide bonds. The highest BCUT2D eigenvalue weighted by Gasteiger charge is 2.08. The maximum atomic E-state index is 9.91. The molecule has 4 aromatic rings. The number of nitrogens with one attached hydrogen (secondary N) is 1. The maximum Gasteiger partial charge on any atom is 0.244 e. The quantitative estimate of drug-likeness (QED) is 0.337. The lowest BCUT2D eigenvalue weighted by atomic mass is 10.1. The molecule has 0 radical (unpaired) electrons. The summed E-state index contributed by atoms with van der Waals surface area (Å²) < 4.78 is 0. The van der Waals surface area contributed by atoms with Gasteiger partial charge in [0.1, 0.15) is 5.75 Å². The molecular formula is C23H17ClN4O. The van der Waals surface area contributed by atoms with Crippen molar-refractivity contribution in [2.75, 3.05) is 5.43 Å². The smallest absolute Gasteiger partial charge is 0.244 e. The molecule has 4 rings (SSSR count). The molecule has 142 valence electrons. The van der Waals surface area contributed by atoms with Gasteiger partial charge >= 0.3 is 0 Å². The summed E-state index contributed by atoms with van der Waals surface area (Å²) in [4.78, 5) is 9.15. The van der Waals surface area contributed by atoms with Gasteiger partial charge in [-0.1, -0.05) is 72.3 Å². The number of phenols is 1. The highest BCUT2D eigenvalue weighted by molar-refractivity contribution is 6.30. The molecule has 0 aliphatic rings. The Morgan fingerprint density at radius 2 is 1.38 bits per heavy atom. The molecule has 0 aliphatic heterocycles. The zero-order valence-corrected chi connectivity index (χ0v) is 16.1. The predicted octanol–water partition coefficient (Wildman–Crippen LogP) is 5.62. The number of nitrogens with zero attached hydrogens (tertiary/aromatic N) is 3. The summed E-state index contributed by atoms with van der Waals surface area (Å²) in [5.74, 6) is 0.437. The van der Waals surface area contributed by atoms with Gasteiger partial charge in [0.25, 0.3) is 0 Å². The van der Waals surface area contributed by atoms with Crippen molar-refractivity contribution < 1.29 is 5.11 Å². The van der Waals surface area contributed by atoms with Crippen molar-refractivity contribution in [2.45, 2.75) is 0 Å². The molecule has 0 aliphatic carbocycles. The fourth-order valence-electron chi connectivity index (χ4n) is 2.80. The molecule has 0 bridgehead atoms. The number of benzene rings is 3. The molecule has 0 unspecified atom stereocenters. The Bertz CT molecular complexity index is 1090. The minimum Gasteiger partial charge on any atom is -0.507 e. The SMILES string of the molecule is Oc1ccc(Cl)cc1/C=N\Nc1nc(-c2ccccc2)cc(-c2ccccc2)n1. The Morgan fingerprint density at radius 1 is 0.793 bits per heavy atom. The predicted molar refractivity (Wildman–Crippen MR) is 117 cm³/mol. The first-order valence-corrected chi connectivity index (χ1v) is 9.34. The molecule has 0 fully saturated rings.